The van der Waals surface area contributed by atoms with Gasteiger partial charge in [-0.05, 0) is 44.1 Å². The molecule has 0 aromatic heterocycles. The summed E-state index contributed by atoms with van der Waals surface area (Å²) in [5.74, 6) is 0.524. The minimum atomic E-state index is 0.00755. The van der Waals surface area contributed by atoms with Crippen LogP contribution in [-0.4, -0.2) is 38.5 Å². The van der Waals surface area contributed by atoms with Crippen LogP contribution in [0.3, 0.4) is 0 Å². The van der Waals surface area contributed by atoms with Gasteiger partial charge in [0.1, 0.15) is 0 Å². The molecule has 0 N–H and O–H groups in total. The quantitative estimate of drug-likeness (QED) is 0.743. The molecule has 3 heteroatoms. The van der Waals surface area contributed by atoms with Crippen LogP contribution in [0.4, 0.5) is 5.69 Å². The molecule has 1 atom stereocenters. The van der Waals surface area contributed by atoms with Crippen LogP contribution in [0.25, 0.3) is 0 Å². The third-order valence-corrected chi connectivity index (χ3v) is 3.50. The zero-order valence-electron chi connectivity index (χ0n) is 13.3. The average Bonchev–Trinajstić information content (AvgIpc) is 2.45. The number of hydrogen-bond acceptors (Lipinski definition) is 2. The smallest absolute Gasteiger partial charge is 0.250 e. The number of carbonyl (C=O) groups excluding carboxylic acids is 1. The maximum Gasteiger partial charge on any atom is 0.250 e. The van der Waals surface area contributed by atoms with Crippen molar-refractivity contribution < 1.29 is 4.79 Å². The molecule has 1 rings (SSSR count). The molecule has 0 bridgehead atoms. The van der Waals surface area contributed by atoms with Crippen molar-refractivity contribution in [2.24, 2.45) is 0 Å². The maximum atomic E-state index is 12.1. The Balaban J connectivity index is 2.78. The van der Waals surface area contributed by atoms with Crippen LogP contribution < -0.4 is 4.90 Å². The molecular weight excluding hydrogens is 248 g/mol. The molecule has 0 radical (unpaired) electrons. The van der Waals surface area contributed by atoms with Crippen LogP contribution in [0.5, 0.6) is 0 Å². The lowest BCUT2D eigenvalue weighted by Gasteiger charge is -2.18. The molecule has 0 aliphatic heterocycles. The van der Waals surface area contributed by atoms with E-state index in [1.165, 1.54) is 5.56 Å². The maximum absolute atomic E-state index is 12.1. The molecular formula is C17H26N2O. The Morgan fingerprint density at radius 1 is 1.30 bits per heavy atom. The molecule has 0 aliphatic rings. The lowest BCUT2D eigenvalue weighted by Crippen LogP contribution is -2.24. The van der Waals surface area contributed by atoms with Gasteiger partial charge < -0.3 is 9.80 Å². The van der Waals surface area contributed by atoms with Gasteiger partial charge >= 0.3 is 0 Å². The summed E-state index contributed by atoms with van der Waals surface area (Å²) in [6, 6.07) is 8.22. The molecule has 0 heterocycles. The molecule has 0 fully saturated rings. The normalized spacial score (nSPS) is 12.9. The number of carbonyl (C=O) groups is 1. The summed E-state index contributed by atoms with van der Waals surface area (Å²) < 4.78 is 0. The minimum Gasteiger partial charge on any atom is -0.312 e. The third kappa shape index (κ3) is 4.82. The Labute approximate surface area is 122 Å². The van der Waals surface area contributed by atoms with E-state index in [4.69, 9.17) is 0 Å². The van der Waals surface area contributed by atoms with Crippen molar-refractivity contribution in [1.82, 2.24) is 4.90 Å². The standard InChI is InChI=1S/C17H26N2O/c1-6-14(2)15-9-7-10-16(13-15)19(5)17(20)11-8-12-18(3)4/h7-11,13-14H,6,12H2,1-5H3/b11-8+. The summed E-state index contributed by atoms with van der Waals surface area (Å²) >= 11 is 0. The van der Waals surface area contributed by atoms with Crippen molar-refractivity contribution in [2.75, 3.05) is 32.6 Å². The third-order valence-electron chi connectivity index (χ3n) is 3.50. The Morgan fingerprint density at radius 3 is 2.60 bits per heavy atom. The molecule has 0 aliphatic carbocycles. The Hall–Kier alpha value is -1.61. The number of anilines is 1. The summed E-state index contributed by atoms with van der Waals surface area (Å²) in [6.07, 6.45) is 4.62. The Morgan fingerprint density at radius 2 is 2.00 bits per heavy atom. The first kappa shape index (κ1) is 16.4. The largest absolute Gasteiger partial charge is 0.312 e. The van der Waals surface area contributed by atoms with Gasteiger partial charge in [-0.1, -0.05) is 32.1 Å². The summed E-state index contributed by atoms with van der Waals surface area (Å²) in [5, 5.41) is 0. The molecule has 0 saturated heterocycles. The van der Waals surface area contributed by atoms with Gasteiger partial charge in [0.15, 0.2) is 0 Å². The summed E-state index contributed by atoms with van der Waals surface area (Å²) in [4.78, 5) is 15.8. The van der Waals surface area contributed by atoms with Gasteiger partial charge in [-0.3, -0.25) is 4.79 Å². The molecule has 110 valence electrons. The second-order valence-corrected chi connectivity index (χ2v) is 5.47. The highest BCUT2D eigenvalue weighted by Crippen LogP contribution is 2.23. The zero-order valence-corrected chi connectivity index (χ0v) is 13.3. The number of amides is 1. The van der Waals surface area contributed by atoms with Gasteiger partial charge in [0.2, 0.25) is 5.91 Å². The lowest BCUT2D eigenvalue weighted by molar-refractivity contribution is -0.113. The first-order valence-corrected chi connectivity index (χ1v) is 7.14. The monoisotopic (exact) mass is 274 g/mol. The number of likely N-dealkylation sites (N-methyl/N-ethyl adjacent to an activating group) is 2. The fourth-order valence-electron chi connectivity index (χ4n) is 1.88. The Kier molecular flexibility index (Phi) is 6.46. The zero-order chi connectivity index (χ0) is 15.1. The fraction of sp³-hybridized carbons (Fsp3) is 0.471. The van der Waals surface area contributed by atoms with Crippen LogP contribution in [0.1, 0.15) is 31.7 Å². The van der Waals surface area contributed by atoms with Gasteiger partial charge in [0.05, 0.1) is 0 Å². The highest BCUT2D eigenvalue weighted by Gasteiger charge is 2.10. The first-order valence-electron chi connectivity index (χ1n) is 7.14. The van der Waals surface area contributed by atoms with E-state index in [2.05, 4.69) is 26.0 Å². The predicted octanol–water partition coefficient (Wildman–Crippen LogP) is 3.28. The summed E-state index contributed by atoms with van der Waals surface area (Å²) in [7, 11) is 5.78. The molecule has 1 unspecified atom stereocenters. The molecule has 0 saturated carbocycles. The molecule has 20 heavy (non-hydrogen) atoms. The highest BCUT2D eigenvalue weighted by molar-refractivity contribution is 6.01. The fourth-order valence-corrected chi connectivity index (χ4v) is 1.88. The lowest BCUT2D eigenvalue weighted by atomic mass is 9.98. The number of nitrogens with zero attached hydrogens (tertiary/aromatic N) is 2. The number of hydrogen-bond donors (Lipinski definition) is 0. The topological polar surface area (TPSA) is 23.6 Å². The van der Waals surface area contributed by atoms with Gasteiger partial charge in [-0.15, -0.1) is 0 Å². The number of benzene rings is 1. The van der Waals surface area contributed by atoms with Crippen molar-refractivity contribution in [3.8, 4) is 0 Å². The van der Waals surface area contributed by atoms with E-state index < -0.39 is 0 Å². The SMILES string of the molecule is CCC(C)c1cccc(N(C)C(=O)/C=C/CN(C)C)c1. The molecule has 3 nitrogen and oxygen atoms in total. The van der Waals surface area contributed by atoms with E-state index in [0.717, 1.165) is 18.7 Å². The van der Waals surface area contributed by atoms with Crippen LogP contribution in [-0.2, 0) is 4.79 Å². The second kappa shape index (κ2) is 7.85. The minimum absolute atomic E-state index is 0.00755. The first-order chi connectivity index (χ1) is 9.45. The van der Waals surface area contributed by atoms with Crippen LogP contribution in [0, 0.1) is 0 Å². The Bertz CT molecular complexity index is 466. The van der Waals surface area contributed by atoms with Gasteiger partial charge in [0, 0.05) is 25.4 Å². The summed E-state index contributed by atoms with van der Waals surface area (Å²) in [5.41, 5.74) is 2.23. The predicted molar refractivity (Wildman–Crippen MR) is 86.3 cm³/mol. The molecule has 1 aromatic rings. The van der Waals surface area contributed by atoms with E-state index in [1.807, 2.05) is 44.3 Å². The van der Waals surface area contributed by atoms with Crippen molar-refractivity contribution in [1.29, 1.82) is 0 Å². The van der Waals surface area contributed by atoms with Crippen molar-refractivity contribution >= 4 is 11.6 Å². The van der Waals surface area contributed by atoms with Gasteiger partial charge in [-0.25, -0.2) is 0 Å². The van der Waals surface area contributed by atoms with E-state index in [1.54, 1.807) is 11.0 Å². The summed E-state index contributed by atoms with van der Waals surface area (Å²) in [6.45, 7) is 5.15. The number of rotatable bonds is 6. The van der Waals surface area contributed by atoms with E-state index >= 15 is 0 Å². The van der Waals surface area contributed by atoms with E-state index in [9.17, 15) is 4.79 Å². The highest BCUT2D eigenvalue weighted by atomic mass is 16.2. The van der Waals surface area contributed by atoms with E-state index in [0.29, 0.717) is 5.92 Å². The van der Waals surface area contributed by atoms with Crippen LogP contribution in [0.2, 0.25) is 0 Å². The molecule has 0 spiro atoms. The van der Waals surface area contributed by atoms with Crippen LogP contribution in [0.15, 0.2) is 36.4 Å². The second-order valence-electron chi connectivity index (χ2n) is 5.47. The van der Waals surface area contributed by atoms with Gasteiger partial charge in [-0.2, -0.15) is 0 Å². The van der Waals surface area contributed by atoms with Gasteiger partial charge in [0.25, 0.3) is 0 Å². The molecule has 1 aromatic carbocycles. The van der Waals surface area contributed by atoms with E-state index in [-0.39, 0.29) is 5.91 Å². The van der Waals surface area contributed by atoms with Crippen molar-refractivity contribution in [3.05, 3.63) is 42.0 Å². The average molecular weight is 274 g/mol. The molecule has 1 amide bonds. The van der Waals surface area contributed by atoms with Crippen LogP contribution >= 0.6 is 0 Å². The van der Waals surface area contributed by atoms with Crippen molar-refractivity contribution in [3.63, 3.8) is 0 Å². The van der Waals surface area contributed by atoms with Crippen molar-refractivity contribution in [2.45, 2.75) is 26.2 Å².